The van der Waals surface area contributed by atoms with Crippen molar-refractivity contribution in [3.8, 4) is 0 Å². The molecule has 1 aliphatic heterocycles. The molecule has 0 spiro atoms. The van der Waals surface area contributed by atoms with Gasteiger partial charge in [-0.2, -0.15) is 0 Å². The van der Waals surface area contributed by atoms with Crippen LogP contribution in [-0.4, -0.2) is 35.1 Å². The molecule has 29 heavy (non-hydrogen) atoms. The summed E-state index contributed by atoms with van der Waals surface area (Å²) in [4.78, 5) is 15.7. The molecular formula is C24H33N3OS. The lowest BCUT2D eigenvalue weighted by molar-refractivity contribution is -0.144. The molecule has 2 N–H and O–H groups in total. The molecule has 4 aliphatic carbocycles. The van der Waals surface area contributed by atoms with Gasteiger partial charge in [0.15, 0.2) is 5.11 Å². The van der Waals surface area contributed by atoms with Crippen LogP contribution in [0.15, 0.2) is 30.3 Å². The van der Waals surface area contributed by atoms with E-state index >= 15 is 0 Å². The summed E-state index contributed by atoms with van der Waals surface area (Å²) in [5.41, 5.74) is 1.25. The van der Waals surface area contributed by atoms with Crippen LogP contribution in [0.5, 0.6) is 0 Å². The molecule has 6 rings (SSSR count). The molecule has 1 aromatic carbocycles. The van der Waals surface area contributed by atoms with E-state index in [0.717, 1.165) is 69.5 Å². The van der Waals surface area contributed by atoms with E-state index in [1.165, 1.54) is 24.8 Å². The van der Waals surface area contributed by atoms with Crippen molar-refractivity contribution in [3.63, 3.8) is 0 Å². The molecule has 0 aromatic heterocycles. The molecule has 5 heteroatoms. The van der Waals surface area contributed by atoms with Gasteiger partial charge in [-0.1, -0.05) is 30.3 Å². The quantitative estimate of drug-likeness (QED) is 0.739. The van der Waals surface area contributed by atoms with E-state index in [9.17, 15) is 4.79 Å². The van der Waals surface area contributed by atoms with Gasteiger partial charge in [0.1, 0.15) is 0 Å². The predicted octanol–water partition coefficient (Wildman–Crippen LogP) is 3.86. The van der Waals surface area contributed by atoms with E-state index in [4.69, 9.17) is 12.2 Å². The molecule has 1 aromatic rings. The Kier molecular flexibility index (Phi) is 5.37. The van der Waals surface area contributed by atoms with Crippen molar-refractivity contribution in [2.45, 2.75) is 64.0 Å². The van der Waals surface area contributed by atoms with Gasteiger partial charge in [-0.15, -0.1) is 0 Å². The van der Waals surface area contributed by atoms with E-state index in [1.54, 1.807) is 0 Å². The highest BCUT2D eigenvalue weighted by Gasteiger charge is 2.54. The van der Waals surface area contributed by atoms with Gasteiger partial charge in [0.25, 0.3) is 0 Å². The number of benzene rings is 1. The van der Waals surface area contributed by atoms with Crippen LogP contribution in [-0.2, 0) is 11.3 Å². The van der Waals surface area contributed by atoms with Crippen molar-refractivity contribution in [3.05, 3.63) is 35.9 Å². The summed E-state index contributed by atoms with van der Waals surface area (Å²) in [6, 6.07) is 11.0. The standard InChI is InChI=1S/C24H33N3OS/c28-22(24-13-18-10-19(14-24)12-20(11-18)15-24)26-23(29)25-21-6-8-27(9-7-21)16-17-4-2-1-3-5-17/h1-5,18-21H,6-16H2,(H2,25,26,28,29). The minimum Gasteiger partial charge on any atom is -0.360 e. The number of piperidine rings is 1. The van der Waals surface area contributed by atoms with Crippen LogP contribution in [0, 0.1) is 23.2 Å². The van der Waals surface area contributed by atoms with Crippen LogP contribution in [0.1, 0.15) is 56.9 Å². The van der Waals surface area contributed by atoms with Crippen LogP contribution in [0.4, 0.5) is 0 Å². The van der Waals surface area contributed by atoms with Crippen LogP contribution >= 0.6 is 12.2 Å². The molecule has 4 bridgehead atoms. The third kappa shape index (κ3) is 4.22. The van der Waals surface area contributed by atoms with Gasteiger partial charge < -0.3 is 10.6 Å². The first-order valence-electron chi connectivity index (χ1n) is 11.5. The molecule has 0 unspecified atom stereocenters. The maximum absolute atomic E-state index is 13.2. The van der Waals surface area contributed by atoms with E-state index in [-0.39, 0.29) is 11.3 Å². The van der Waals surface area contributed by atoms with Crippen LogP contribution in [0.25, 0.3) is 0 Å². The minimum atomic E-state index is -0.125. The van der Waals surface area contributed by atoms with Crippen LogP contribution in [0.2, 0.25) is 0 Å². The molecule has 1 heterocycles. The lowest BCUT2D eigenvalue weighted by Crippen LogP contribution is -2.57. The maximum Gasteiger partial charge on any atom is 0.232 e. The summed E-state index contributed by atoms with van der Waals surface area (Å²) in [5, 5.41) is 7.09. The predicted molar refractivity (Wildman–Crippen MR) is 119 cm³/mol. The van der Waals surface area contributed by atoms with Gasteiger partial charge >= 0.3 is 0 Å². The molecule has 5 aliphatic rings. The van der Waals surface area contributed by atoms with Crippen molar-refractivity contribution < 1.29 is 4.79 Å². The highest BCUT2D eigenvalue weighted by atomic mass is 32.1. The fourth-order valence-electron chi connectivity index (χ4n) is 6.92. The summed E-state index contributed by atoms with van der Waals surface area (Å²) < 4.78 is 0. The van der Waals surface area contributed by atoms with Gasteiger partial charge in [-0.25, -0.2) is 0 Å². The SMILES string of the molecule is O=C(NC(=S)NC1CCN(Cc2ccccc2)CC1)C12CC3CC(CC(C3)C1)C2. The first kappa shape index (κ1) is 19.5. The lowest BCUT2D eigenvalue weighted by atomic mass is 9.49. The second-order valence-corrected chi connectivity index (χ2v) is 10.6. The topological polar surface area (TPSA) is 44.4 Å². The number of carbonyl (C=O) groups is 1. The first-order valence-corrected chi connectivity index (χ1v) is 11.9. The van der Waals surface area contributed by atoms with E-state index in [0.29, 0.717) is 11.2 Å². The number of hydrogen-bond donors (Lipinski definition) is 2. The Labute approximate surface area is 179 Å². The van der Waals surface area contributed by atoms with E-state index < -0.39 is 0 Å². The van der Waals surface area contributed by atoms with Crippen molar-refractivity contribution >= 4 is 23.2 Å². The molecule has 4 nitrogen and oxygen atoms in total. The molecule has 4 saturated carbocycles. The number of nitrogens with zero attached hydrogens (tertiary/aromatic N) is 1. The first-order chi connectivity index (χ1) is 14.1. The third-order valence-electron chi connectivity index (χ3n) is 7.92. The zero-order chi connectivity index (χ0) is 19.8. The Balaban J connectivity index is 1.09. The Morgan fingerprint density at radius 2 is 1.59 bits per heavy atom. The zero-order valence-corrected chi connectivity index (χ0v) is 18.1. The van der Waals surface area contributed by atoms with Crippen molar-refractivity contribution in [1.29, 1.82) is 0 Å². The van der Waals surface area contributed by atoms with Gasteiger partial charge in [0, 0.05) is 25.7 Å². The number of rotatable bonds is 4. The van der Waals surface area contributed by atoms with Gasteiger partial charge in [-0.3, -0.25) is 9.69 Å². The maximum atomic E-state index is 13.2. The summed E-state index contributed by atoms with van der Waals surface area (Å²) in [5.74, 6) is 2.54. The number of amides is 1. The average Bonchev–Trinajstić information content (AvgIpc) is 2.69. The molecule has 1 amide bonds. The number of likely N-dealkylation sites (tertiary alicyclic amines) is 1. The van der Waals surface area contributed by atoms with Gasteiger partial charge in [0.2, 0.25) is 5.91 Å². The van der Waals surface area contributed by atoms with E-state index in [2.05, 4.69) is 45.9 Å². The van der Waals surface area contributed by atoms with Gasteiger partial charge in [-0.05, 0) is 86.9 Å². The summed E-state index contributed by atoms with van der Waals surface area (Å²) in [6.07, 6.45) is 9.48. The van der Waals surface area contributed by atoms with Crippen molar-refractivity contribution in [2.24, 2.45) is 23.2 Å². The largest absolute Gasteiger partial charge is 0.360 e. The molecule has 1 saturated heterocycles. The smallest absolute Gasteiger partial charge is 0.232 e. The zero-order valence-electron chi connectivity index (χ0n) is 17.2. The Morgan fingerprint density at radius 3 is 2.17 bits per heavy atom. The second-order valence-electron chi connectivity index (χ2n) is 10.2. The molecule has 0 atom stereocenters. The molecule has 156 valence electrons. The third-order valence-corrected chi connectivity index (χ3v) is 8.14. The lowest BCUT2D eigenvalue weighted by Gasteiger charge is -2.55. The number of hydrogen-bond acceptors (Lipinski definition) is 3. The Morgan fingerprint density at radius 1 is 1.00 bits per heavy atom. The van der Waals surface area contributed by atoms with Crippen molar-refractivity contribution in [2.75, 3.05) is 13.1 Å². The highest BCUT2D eigenvalue weighted by molar-refractivity contribution is 7.80. The molecule has 5 fully saturated rings. The monoisotopic (exact) mass is 411 g/mol. The highest BCUT2D eigenvalue weighted by Crippen LogP contribution is 2.60. The summed E-state index contributed by atoms with van der Waals surface area (Å²) >= 11 is 5.54. The minimum absolute atomic E-state index is 0.125. The van der Waals surface area contributed by atoms with Crippen LogP contribution < -0.4 is 10.6 Å². The fourth-order valence-corrected chi connectivity index (χ4v) is 7.18. The molecule has 0 radical (unpaired) electrons. The normalized spacial score (nSPS) is 34.1. The average molecular weight is 412 g/mol. The fraction of sp³-hybridized carbons (Fsp3) is 0.667. The van der Waals surface area contributed by atoms with Gasteiger partial charge in [0.05, 0.1) is 5.41 Å². The van der Waals surface area contributed by atoms with E-state index in [1.807, 2.05) is 0 Å². The number of carbonyl (C=O) groups excluding carboxylic acids is 1. The van der Waals surface area contributed by atoms with Crippen molar-refractivity contribution in [1.82, 2.24) is 15.5 Å². The summed E-state index contributed by atoms with van der Waals surface area (Å²) in [7, 11) is 0. The Bertz CT molecular complexity index is 721. The van der Waals surface area contributed by atoms with Crippen LogP contribution in [0.3, 0.4) is 0 Å². The second kappa shape index (κ2) is 7.99. The molecular weight excluding hydrogens is 378 g/mol. The Hall–Kier alpha value is -1.46. The number of thiocarbonyl (C=S) groups is 1. The summed E-state index contributed by atoms with van der Waals surface area (Å²) in [6.45, 7) is 3.15. The number of nitrogens with one attached hydrogen (secondary N) is 2.